The quantitative estimate of drug-likeness (QED) is 0.731. The Morgan fingerprint density at radius 1 is 1.11 bits per heavy atom. The maximum atomic E-state index is 13.1. The van der Waals surface area contributed by atoms with Gasteiger partial charge in [-0.15, -0.1) is 0 Å². The van der Waals surface area contributed by atoms with Gasteiger partial charge in [-0.05, 0) is 30.7 Å². The molecule has 0 spiro atoms. The molecule has 3 rings (SSSR count). The molecule has 3 heteroatoms. The third-order valence-corrected chi connectivity index (χ3v) is 4.55. The van der Waals surface area contributed by atoms with Gasteiger partial charge in [0.1, 0.15) is 0 Å². The zero-order chi connectivity index (χ0) is 13.5. The summed E-state index contributed by atoms with van der Waals surface area (Å²) in [6, 6.07) is 7.60. The molecule has 0 heterocycles. The highest BCUT2D eigenvalue weighted by atomic mass is 19.3. The monoisotopic (exact) mass is 264 g/mol. The van der Waals surface area contributed by atoms with Gasteiger partial charge in [-0.2, -0.15) is 0 Å². The van der Waals surface area contributed by atoms with Gasteiger partial charge in [-0.25, -0.2) is 8.78 Å². The Bertz CT molecular complexity index is 474. The lowest BCUT2D eigenvalue weighted by atomic mass is 9.79. The molecule has 2 aliphatic carbocycles. The lowest BCUT2D eigenvalue weighted by molar-refractivity contribution is 0.00530. The molecule has 1 aromatic rings. The number of rotatable bonds is 3. The number of alkyl halides is 2. The van der Waals surface area contributed by atoms with Gasteiger partial charge in [0.25, 0.3) is 0 Å². The van der Waals surface area contributed by atoms with E-state index >= 15 is 0 Å². The second-order valence-electron chi connectivity index (χ2n) is 5.91. The fourth-order valence-corrected chi connectivity index (χ4v) is 3.07. The lowest BCUT2D eigenvalue weighted by Crippen LogP contribution is -2.16. The van der Waals surface area contributed by atoms with Crippen LogP contribution in [0.3, 0.4) is 0 Å². The van der Waals surface area contributed by atoms with Crippen molar-refractivity contribution < 1.29 is 13.6 Å². The van der Waals surface area contributed by atoms with Crippen LogP contribution in [-0.4, -0.2) is 11.7 Å². The van der Waals surface area contributed by atoms with Gasteiger partial charge in [-0.3, -0.25) is 4.79 Å². The third kappa shape index (κ3) is 2.56. The van der Waals surface area contributed by atoms with Gasteiger partial charge >= 0.3 is 0 Å². The summed E-state index contributed by atoms with van der Waals surface area (Å²) in [5, 5.41) is 0. The maximum Gasteiger partial charge on any atom is 0.248 e. The van der Waals surface area contributed by atoms with E-state index in [0.717, 1.165) is 0 Å². The number of benzene rings is 1. The van der Waals surface area contributed by atoms with E-state index in [1.165, 1.54) is 24.8 Å². The summed E-state index contributed by atoms with van der Waals surface area (Å²) < 4.78 is 26.3. The molecule has 1 nitrogen and oxygen atoms in total. The molecule has 0 N–H and O–H groups in total. The molecule has 0 saturated heterocycles. The van der Waals surface area contributed by atoms with E-state index < -0.39 is 11.8 Å². The maximum absolute atomic E-state index is 13.1. The van der Waals surface area contributed by atoms with Crippen LogP contribution in [0.15, 0.2) is 24.3 Å². The summed E-state index contributed by atoms with van der Waals surface area (Å²) in [4.78, 5) is 12.2. The van der Waals surface area contributed by atoms with Crippen LogP contribution >= 0.6 is 0 Å². The number of Topliss-reactive ketones (excluding diaryl/α,β-unsaturated/α-hetero) is 1. The second-order valence-corrected chi connectivity index (χ2v) is 5.91. The summed E-state index contributed by atoms with van der Waals surface area (Å²) >= 11 is 0. The van der Waals surface area contributed by atoms with Crippen LogP contribution in [0.25, 0.3) is 0 Å². The van der Waals surface area contributed by atoms with Gasteiger partial charge in [0.05, 0.1) is 0 Å². The van der Waals surface area contributed by atoms with Crippen LogP contribution in [0.1, 0.15) is 60.4 Å². The summed E-state index contributed by atoms with van der Waals surface area (Å²) in [5.41, 5.74) is 1.87. The first-order chi connectivity index (χ1) is 9.05. The van der Waals surface area contributed by atoms with Crippen LogP contribution in [0.5, 0.6) is 0 Å². The Balaban J connectivity index is 1.70. The van der Waals surface area contributed by atoms with E-state index in [1.54, 1.807) is 0 Å². The fraction of sp³-hybridized carbons (Fsp3) is 0.562. The highest BCUT2D eigenvalue weighted by molar-refractivity contribution is 5.98. The predicted octanol–water partition coefficient (Wildman–Crippen LogP) is 4.57. The van der Waals surface area contributed by atoms with E-state index in [1.807, 2.05) is 24.3 Å². The summed E-state index contributed by atoms with van der Waals surface area (Å²) in [6.07, 6.45) is 3.61. The molecule has 2 fully saturated rings. The summed E-state index contributed by atoms with van der Waals surface area (Å²) in [5.74, 6) is -2.62. The molecule has 0 amide bonds. The highest BCUT2D eigenvalue weighted by Crippen LogP contribution is 2.40. The van der Waals surface area contributed by atoms with Crippen molar-refractivity contribution in [2.24, 2.45) is 5.92 Å². The number of ketones is 1. The summed E-state index contributed by atoms with van der Waals surface area (Å²) in [7, 11) is 0. The van der Waals surface area contributed by atoms with E-state index in [0.29, 0.717) is 17.9 Å². The van der Waals surface area contributed by atoms with Crippen LogP contribution in [-0.2, 0) is 0 Å². The van der Waals surface area contributed by atoms with Crippen LogP contribution < -0.4 is 0 Å². The standard InChI is InChI=1S/C16H18F2O/c17-16(18)9-8-14(10-16)15(19)13-6-4-12(5-7-13)11-2-1-3-11/h4-7,11,14H,1-3,8-10H2. The molecule has 1 aromatic carbocycles. The van der Waals surface area contributed by atoms with Crippen LogP contribution in [0.4, 0.5) is 8.78 Å². The number of carbonyl (C=O) groups excluding carboxylic acids is 1. The zero-order valence-electron chi connectivity index (χ0n) is 10.9. The minimum Gasteiger partial charge on any atom is -0.294 e. The molecule has 0 aliphatic heterocycles. The summed E-state index contributed by atoms with van der Waals surface area (Å²) in [6.45, 7) is 0. The topological polar surface area (TPSA) is 17.1 Å². The van der Waals surface area contributed by atoms with Crippen molar-refractivity contribution in [2.75, 3.05) is 0 Å². The largest absolute Gasteiger partial charge is 0.294 e. The number of hydrogen-bond acceptors (Lipinski definition) is 1. The van der Waals surface area contributed by atoms with E-state index in [-0.39, 0.29) is 18.6 Å². The normalized spacial score (nSPS) is 26.1. The smallest absolute Gasteiger partial charge is 0.248 e. The first-order valence-corrected chi connectivity index (χ1v) is 7.07. The van der Waals surface area contributed by atoms with Crippen LogP contribution in [0.2, 0.25) is 0 Å². The van der Waals surface area contributed by atoms with Gasteiger partial charge in [0.15, 0.2) is 5.78 Å². The number of hydrogen-bond donors (Lipinski definition) is 0. The van der Waals surface area contributed by atoms with Gasteiger partial charge in [0.2, 0.25) is 5.92 Å². The predicted molar refractivity (Wildman–Crippen MR) is 69.7 cm³/mol. The molecular formula is C16H18F2O. The third-order valence-electron chi connectivity index (χ3n) is 4.55. The molecule has 0 bridgehead atoms. The average Bonchev–Trinajstić information content (AvgIpc) is 2.68. The van der Waals surface area contributed by atoms with Crippen molar-refractivity contribution in [3.05, 3.63) is 35.4 Å². The van der Waals surface area contributed by atoms with Crippen molar-refractivity contribution in [2.45, 2.75) is 50.4 Å². The van der Waals surface area contributed by atoms with Gasteiger partial charge in [-0.1, -0.05) is 30.7 Å². The Hall–Kier alpha value is -1.25. The van der Waals surface area contributed by atoms with Crippen molar-refractivity contribution >= 4 is 5.78 Å². The molecule has 1 unspecified atom stereocenters. The zero-order valence-corrected chi connectivity index (χ0v) is 10.9. The van der Waals surface area contributed by atoms with Gasteiger partial charge in [0, 0.05) is 24.3 Å². The molecule has 0 aromatic heterocycles. The van der Waals surface area contributed by atoms with Crippen molar-refractivity contribution in [1.29, 1.82) is 0 Å². The first-order valence-electron chi connectivity index (χ1n) is 7.07. The molecule has 102 valence electrons. The average molecular weight is 264 g/mol. The number of carbonyl (C=O) groups is 1. The Morgan fingerprint density at radius 2 is 1.79 bits per heavy atom. The molecule has 0 radical (unpaired) electrons. The molecule has 19 heavy (non-hydrogen) atoms. The second kappa shape index (κ2) is 4.69. The van der Waals surface area contributed by atoms with Crippen molar-refractivity contribution in [3.63, 3.8) is 0 Å². The minimum atomic E-state index is -2.65. The van der Waals surface area contributed by atoms with E-state index in [9.17, 15) is 13.6 Å². The Morgan fingerprint density at radius 3 is 2.26 bits per heavy atom. The Labute approximate surface area is 112 Å². The molecule has 1 atom stereocenters. The minimum absolute atomic E-state index is 0.114. The van der Waals surface area contributed by atoms with Crippen molar-refractivity contribution in [1.82, 2.24) is 0 Å². The Kier molecular flexibility index (Phi) is 3.15. The number of halogens is 2. The lowest BCUT2D eigenvalue weighted by Gasteiger charge is -2.25. The molecular weight excluding hydrogens is 246 g/mol. The van der Waals surface area contributed by atoms with Gasteiger partial charge < -0.3 is 0 Å². The first kappa shape index (κ1) is 12.8. The van der Waals surface area contributed by atoms with Crippen molar-refractivity contribution in [3.8, 4) is 0 Å². The highest BCUT2D eigenvalue weighted by Gasteiger charge is 2.42. The van der Waals surface area contributed by atoms with Crippen LogP contribution in [0, 0.1) is 5.92 Å². The van der Waals surface area contributed by atoms with E-state index in [4.69, 9.17) is 0 Å². The molecule has 2 aliphatic rings. The molecule has 2 saturated carbocycles. The van der Waals surface area contributed by atoms with E-state index in [2.05, 4.69) is 0 Å². The fourth-order valence-electron chi connectivity index (χ4n) is 3.07. The SMILES string of the molecule is O=C(c1ccc(C2CCC2)cc1)C1CCC(F)(F)C1.